The van der Waals surface area contributed by atoms with Crippen LogP contribution >= 0.6 is 11.6 Å². The Labute approximate surface area is 241 Å². The van der Waals surface area contributed by atoms with Crippen LogP contribution in [0.4, 0.5) is 8.78 Å². The number of esters is 2. The summed E-state index contributed by atoms with van der Waals surface area (Å²) in [6, 6.07) is 17.6. The maximum absolute atomic E-state index is 13.8. The number of rotatable bonds is 7. The van der Waals surface area contributed by atoms with Gasteiger partial charge in [0.15, 0.2) is 9.84 Å². The number of benzene rings is 3. The summed E-state index contributed by atoms with van der Waals surface area (Å²) in [5, 5.41) is 0.395. The van der Waals surface area contributed by atoms with E-state index in [1.165, 1.54) is 48.5 Å². The molecule has 3 aromatic carbocycles. The number of hydrogen-bond acceptors (Lipinski definition) is 7. The summed E-state index contributed by atoms with van der Waals surface area (Å²) in [7, 11) is -3.76. The minimum atomic E-state index is -3.76. The smallest absolute Gasteiger partial charge is 0.335 e. The Morgan fingerprint density at radius 3 is 1.88 bits per heavy atom. The molecule has 0 radical (unpaired) electrons. The highest BCUT2D eigenvalue weighted by Crippen LogP contribution is 2.45. The van der Waals surface area contributed by atoms with Crippen LogP contribution in [-0.4, -0.2) is 50.0 Å². The average Bonchev–Trinajstić information content (AvgIpc) is 3.08. The molecule has 1 saturated heterocycles. The van der Waals surface area contributed by atoms with Crippen LogP contribution in [0, 0.1) is 17.6 Å². The van der Waals surface area contributed by atoms with Crippen molar-refractivity contribution in [3.63, 3.8) is 0 Å². The van der Waals surface area contributed by atoms with Gasteiger partial charge in [-0.25, -0.2) is 31.7 Å². The molecule has 41 heavy (non-hydrogen) atoms. The highest BCUT2D eigenvalue weighted by molar-refractivity contribution is 7.91. The number of carbonyl (C=O) groups is 2. The zero-order valence-corrected chi connectivity index (χ0v) is 23.3. The van der Waals surface area contributed by atoms with Gasteiger partial charge in [0, 0.05) is 42.6 Å². The summed E-state index contributed by atoms with van der Waals surface area (Å²) >= 11 is 5.90. The summed E-state index contributed by atoms with van der Waals surface area (Å²) in [5.74, 6) is -5.44. The number of piperidine rings is 1. The quantitative estimate of drug-likeness (QED) is 0.342. The van der Waals surface area contributed by atoms with Crippen LogP contribution in [0.25, 0.3) is 0 Å². The number of likely N-dealkylation sites (tertiary alicyclic amines) is 1. The first-order valence-electron chi connectivity index (χ1n) is 12.9. The van der Waals surface area contributed by atoms with E-state index in [0.29, 0.717) is 11.4 Å². The standard InChI is InChI=1S/C30H26ClF2NO6S/c31-23-5-11-26(12-6-23)41(37,38)18-17-34-16-15-22(19-30(34)39-27(35)13-14-28(36)40-30)29(20-1-7-24(32)8-2-20)21-3-9-25(33)10-4-21/h1-14,22,29H,15-19H2. The first-order chi connectivity index (χ1) is 19.5. The molecule has 1 atom stereocenters. The van der Waals surface area contributed by atoms with Gasteiger partial charge in [0.05, 0.1) is 10.6 Å². The first kappa shape index (κ1) is 28.9. The molecule has 2 heterocycles. The molecule has 1 unspecified atom stereocenters. The van der Waals surface area contributed by atoms with E-state index in [1.807, 2.05) is 0 Å². The van der Waals surface area contributed by atoms with Gasteiger partial charge >= 0.3 is 17.8 Å². The Balaban J connectivity index is 1.48. The third-order valence-corrected chi connectivity index (χ3v) is 9.34. The normalized spacial score (nSPS) is 19.2. The Hall–Kier alpha value is -3.60. The van der Waals surface area contributed by atoms with E-state index >= 15 is 0 Å². The van der Waals surface area contributed by atoms with Gasteiger partial charge in [-0.1, -0.05) is 35.9 Å². The molecule has 2 aliphatic heterocycles. The molecule has 2 aliphatic rings. The fourth-order valence-electron chi connectivity index (χ4n) is 5.44. The summed E-state index contributed by atoms with van der Waals surface area (Å²) < 4.78 is 65.2. The molecule has 214 valence electrons. The summed E-state index contributed by atoms with van der Waals surface area (Å²) in [5.41, 5.74) is 1.47. The van der Waals surface area contributed by atoms with Crippen LogP contribution in [0.2, 0.25) is 5.02 Å². The fourth-order valence-corrected chi connectivity index (χ4v) is 6.81. The number of nitrogens with zero attached hydrogens (tertiary/aromatic N) is 1. The molecule has 1 fully saturated rings. The maximum Gasteiger partial charge on any atom is 0.335 e. The number of carbonyl (C=O) groups excluding carboxylic acids is 2. The molecule has 3 aromatic rings. The second kappa shape index (κ2) is 11.7. The van der Waals surface area contributed by atoms with Crippen molar-refractivity contribution in [3.8, 4) is 0 Å². The van der Waals surface area contributed by atoms with Crippen LogP contribution in [0.1, 0.15) is 29.9 Å². The van der Waals surface area contributed by atoms with Gasteiger partial charge in [-0.05, 0) is 72.0 Å². The Bertz CT molecular complexity index is 1490. The maximum atomic E-state index is 13.8. The second-order valence-corrected chi connectivity index (χ2v) is 12.5. The van der Waals surface area contributed by atoms with E-state index in [-0.39, 0.29) is 36.1 Å². The molecule has 0 aliphatic carbocycles. The van der Waals surface area contributed by atoms with Gasteiger partial charge in [-0.3, -0.25) is 0 Å². The van der Waals surface area contributed by atoms with E-state index in [4.69, 9.17) is 21.1 Å². The molecule has 0 saturated carbocycles. The highest BCUT2D eigenvalue weighted by atomic mass is 35.5. The molecular weight excluding hydrogens is 576 g/mol. The van der Waals surface area contributed by atoms with Crippen LogP contribution in [0.3, 0.4) is 0 Å². The first-order valence-corrected chi connectivity index (χ1v) is 15.0. The minimum Gasteiger partial charge on any atom is -0.405 e. The van der Waals surface area contributed by atoms with Crippen molar-refractivity contribution in [2.45, 2.75) is 29.6 Å². The van der Waals surface area contributed by atoms with Crippen molar-refractivity contribution in [2.24, 2.45) is 5.92 Å². The van der Waals surface area contributed by atoms with Gasteiger partial charge in [-0.2, -0.15) is 0 Å². The molecule has 1 spiro atoms. The van der Waals surface area contributed by atoms with Crippen molar-refractivity contribution in [3.05, 3.63) is 113 Å². The Morgan fingerprint density at radius 2 is 1.37 bits per heavy atom. The van der Waals surface area contributed by atoms with Crippen molar-refractivity contribution in [2.75, 3.05) is 18.8 Å². The SMILES string of the molecule is O=C1C=CC(=O)OC2(CC(C(c3ccc(F)cc3)c3ccc(F)cc3)CCN2CCS(=O)(=O)c2ccc(Cl)cc2)O1. The summed E-state index contributed by atoms with van der Waals surface area (Å²) in [6.45, 7) is 0.107. The van der Waals surface area contributed by atoms with Crippen molar-refractivity contribution in [1.29, 1.82) is 0 Å². The number of halogens is 3. The molecule has 0 bridgehead atoms. The largest absolute Gasteiger partial charge is 0.405 e. The van der Waals surface area contributed by atoms with E-state index < -0.39 is 45.2 Å². The lowest BCUT2D eigenvalue weighted by Crippen LogP contribution is -2.60. The van der Waals surface area contributed by atoms with Gasteiger partial charge in [0.1, 0.15) is 11.6 Å². The molecule has 0 N–H and O–H groups in total. The molecule has 5 rings (SSSR count). The van der Waals surface area contributed by atoms with Crippen molar-refractivity contribution in [1.82, 2.24) is 4.90 Å². The van der Waals surface area contributed by atoms with Gasteiger partial charge in [0.2, 0.25) is 0 Å². The highest BCUT2D eigenvalue weighted by Gasteiger charge is 2.52. The second-order valence-electron chi connectivity index (χ2n) is 9.98. The van der Waals surface area contributed by atoms with Gasteiger partial charge in [-0.15, -0.1) is 0 Å². The zero-order chi connectivity index (χ0) is 29.2. The van der Waals surface area contributed by atoms with Crippen LogP contribution in [0.15, 0.2) is 89.8 Å². The lowest BCUT2D eigenvalue weighted by Gasteiger charge is -2.47. The molecular formula is C30H26ClF2NO6S. The summed E-state index contributed by atoms with van der Waals surface area (Å²) in [6.07, 6.45) is 2.39. The van der Waals surface area contributed by atoms with Gasteiger partial charge < -0.3 is 9.47 Å². The van der Waals surface area contributed by atoms with Crippen LogP contribution in [0.5, 0.6) is 0 Å². The van der Waals surface area contributed by atoms with Crippen molar-refractivity contribution >= 4 is 33.4 Å². The lowest BCUT2D eigenvalue weighted by molar-refractivity contribution is -0.299. The van der Waals surface area contributed by atoms with E-state index in [2.05, 4.69) is 0 Å². The van der Waals surface area contributed by atoms with E-state index in [9.17, 15) is 26.8 Å². The Kier molecular flexibility index (Phi) is 8.26. The molecule has 11 heteroatoms. The van der Waals surface area contributed by atoms with Crippen LogP contribution < -0.4 is 0 Å². The lowest BCUT2D eigenvalue weighted by atomic mass is 9.75. The minimum absolute atomic E-state index is 0.00737. The monoisotopic (exact) mass is 601 g/mol. The fraction of sp³-hybridized carbons (Fsp3) is 0.267. The molecule has 7 nitrogen and oxygen atoms in total. The van der Waals surface area contributed by atoms with Crippen LogP contribution in [-0.2, 0) is 28.9 Å². The Morgan fingerprint density at radius 1 is 0.854 bits per heavy atom. The average molecular weight is 602 g/mol. The summed E-state index contributed by atoms with van der Waals surface area (Å²) in [4.78, 5) is 26.8. The van der Waals surface area contributed by atoms with E-state index in [1.54, 1.807) is 29.2 Å². The number of ether oxygens (including phenoxy) is 2. The third kappa shape index (κ3) is 6.50. The van der Waals surface area contributed by atoms with E-state index in [0.717, 1.165) is 23.3 Å². The zero-order valence-electron chi connectivity index (χ0n) is 21.7. The topological polar surface area (TPSA) is 90.0 Å². The molecule has 0 aromatic heterocycles. The number of sulfone groups is 1. The van der Waals surface area contributed by atoms with Crippen molar-refractivity contribution < 1.29 is 36.3 Å². The predicted octanol–water partition coefficient (Wildman–Crippen LogP) is 5.25. The third-order valence-electron chi connectivity index (χ3n) is 7.38. The van der Waals surface area contributed by atoms with Gasteiger partial charge in [0.25, 0.3) is 0 Å². The molecule has 0 amide bonds. The number of hydrogen-bond donors (Lipinski definition) is 0. The predicted molar refractivity (Wildman–Crippen MR) is 146 cm³/mol.